The van der Waals surface area contributed by atoms with E-state index in [1.165, 1.54) is 6.07 Å². The van der Waals surface area contributed by atoms with Crippen LogP contribution in [0, 0.1) is 10.1 Å². The van der Waals surface area contributed by atoms with Gasteiger partial charge in [0.25, 0.3) is 11.6 Å². The minimum Gasteiger partial charge on any atom is -0.361 e. The summed E-state index contributed by atoms with van der Waals surface area (Å²) in [7, 11) is 0. The standard InChI is InChI=1S/C14H11N3O3/c18-14-9-5-1-3-7-11(9)15-13(16-14)10-6-2-4-8-12(10)17(19)20/h1-8,13,15H,(H,16,18). The number of hydrogen-bond donors (Lipinski definition) is 2. The Labute approximate surface area is 114 Å². The van der Waals surface area contributed by atoms with E-state index >= 15 is 0 Å². The summed E-state index contributed by atoms with van der Waals surface area (Å²) >= 11 is 0. The number of carbonyl (C=O) groups excluding carboxylic acids is 1. The Balaban J connectivity index is 2.02. The molecule has 1 atom stereocenters. The molecule has 1 amide bonds. The lowest BCUT2D eigenvalue weighted by atomic mass is 10.0. The molecule has 1 unspecified atom stereocenters. The van der Waals surface area contributed by atoms with Gasteiger partial charge in [0.1, 0.15) is 6.17 Å². The van der Waals surface area contributed by atoms with Crippen molar-refractivity contribution in [2.45, 2.75) is 6.17 Å². The summed E-state index contributed by atoms with van der Waals surface area (Å²) in [5, 5.41) is 16.9. The molecule has 1 aliphatic rings. The third kappa shape index (κ3) is 1.97. The van der Waals surface area contributed by atoms with Crippen LogP contribution in [0.3, 0.4) is 0 Å². The fourth-order valence-corrected chi connectivity index (χ4v) is 2.26. The number of hydrogen-bond acceptors (Lipinski definition) is 4. The van der Waals surface area contributed by atoms with Crippen LogP contribution in [0.4, 0.5) is 11.4 Å². The van der Waals surface area contributed by atoms with Crippen molar-refractivity contribution in [3.8, 4) is 0 Å². The Morgan fingerprint density at radius 1 is 1.00 bits per heavy atom. The lowest BCUT2D eigenvalue weighted by molar-refractivity contribution is -0.385. The average molecular weight is 269 g/mol. The van der Waals surface area contributed by atoms with Crippen LogP contribution in [0.25, 0.3) is 0 Å². The first-order valence-electron chi connectivity index (χ1n) is 6.06. The normalized spacial score (nSPS) is 16.8. The highest BCUT2D eigenvalue weighted by molar-refractivity contribution is 6.01. The monoisotopic (exact) mass is 269 g/mol. The van der Waals surface area contributed by atoms with E-state index in [4.69, 9.17) is 0 Å². The second-order valence-corrected chi connectivity index (χ2v) is 4.41. The molecule has 2 aromatic carbocycles. The van der Waals surface area contributed by atoms with Crippen molar-refractivity contribution in [3.05, 3.63) is 69.8 Å². The molecule has 1 heterocycles. The van der Waals surface area contributed by atoms with Gasteiger partial charge in [0.05, 0.1) is 16.1 Å². The van der Waals surface area contributed by atoms with Crippen molar-refractivity contribution >= 4 is 17.3 Å². The summed E-state index contributed by atoms with van der Waals surface area (Å²) in [5.74, 6) is -0.248. The van der Waals surface area contributed by atoms with Crippen molar-refractivity contribution in [3.63, 3.8) is 0 Å². The number of nitrogens with zero attached hydrogens (tertiary/aromatic N) is 1. The van der Waals surface area contributed by atoms with Crippen LogP contribution in [0.5, 0.6) is 0 Å². The van der Waals surface area contributed by atoms with Crippen molar-refractivity contribution < 1.29 is 9.72 Å². The van der Waals surface area contributed by atoms with Crippen molar-refractivity contribution in [2.75, 3.05) is 5.32 Å². The van der Waals surface area contributed by atoms with Crippen LogP contribution < -0.4 is 10.6 Å². The smallest absolute Gasteiger partial charge is 0.276 e. The lowest BCUT2D eigenvalue weighted by Gasteiger charge is -2.27. The molecule has 0 aromatic heterocycles. The Morgan fingerprint density at radius 2 is 1.70 bits per heavy atom. The van der Waals surface area contributed by atoms with Crippen LogP contribution >= 0.6 is 0 Å². The van der Waals surface area contributed by atoms with Gasteiger partial charge in [0, 0.05) is 11.8 Å². The Kier molecular flexibility index (Phi) is 2.83. The molecule has 0 saturated heterocycles. The van der Waals surface area contributed by atoms with E-state index in [1.54, 1.807) is 42.5 Å². The minimum absolute atomic E-state index is 0.0234. The second kappa shape index (κ2) is 4.65. The molecule has 3 rings (SSSR count). The molecule has 0 aliphatic carbocycles. The number of carbonyl (C=O) groups is 1. The van der Waals surface area contributed by atoms with E-state index in [0.717, 1.165) is 0 Å². The van der Waals surface area contributed by atoms with E-state index in [1.807, 2.05) is 0 Å². The second-order valence-electron chi connectivity index (χ2n) is 4.41. The fraction of sp³-hybridized carbons (Fsp3) is 0.0714. The van der Waals surface area contributed by atoms with Gasteiger partial charge in [-0.05, 0) is 18.2 Å². The molecule has 6 heteroatoms. The number of para-hydroxylation sites is 2. The number of fused-ring (bicyclic) bond motifs is 1. The zero-order valence-corrected chi connectivity index (χ0v) is 10.4. The number of nitro benzene ring substituents is 1. The van der Waals surface area contributed by atoms with Gasteiger partial charge in [-0.2, -0.15) is 0 Å². The molecule has 20 heavy (non-hydrogen) atoms. The number of benzene rings is 2. The average Bonchev–Trinajstić information content (AvgIpc) is 2.47. The summed E-state index contributed by atoms with van der Waals surface area (Å²) in [6, 6.07) is 13.4. The molecule has 0 fully saturated rings. The summed E-state index contributed by atoms with van der Waals surface area (Å²) in [6.45, 7) is 0. The lowest BCUT2D eigenvalue weighted by Crippen LogP contribution is -2.38. The number of amides is 1. The topological polar surface area (TPSA) is 84.3 Å². The molecule has 0 saturated carbocycles. The van der Waals surface area contributed by atoms with Crippen molar-refractivity contribution in [1.29, 1.82) is 0 Å². The van der Waals surface area contributed by atoms with Gasteiger partial charge in [-0.3, -0.25) is 14.9 Å². The first-order valence-corrected chi connectivity index (χ1v) is 6.06. The first kappa shape index (κ1) is 12.2. The summed E-state index contributed by atoms with van der Waals surface area (Å²) < 4.78 is 0. The largest absolute Gasteiger partial charge is 0.361 e. The Bertz CT molecular complexity index is 700. The third-order valence-electron chi connectivity index (χ3n) is 3.19. The Hall–Kier alpha value is -2.89. The summed E-state index contributed by atoms with van der Waals surface area (Å²) in [4.78, 5) is 22.6. The van der Waals surface area contributed by atoms with Gasteiger partial charge >= 0.3 is 0 Å². The Morgan fingerprint density at radius 3 is 2.50 bits per heavy atom. The van der Waals surface area contributed by atoms with Crippen LogP contribution in [0.15, 0.2) is 48.5 Å². The predicted octanol–water partition coefficient (Wildman–Crippen LogP) is 2.45. The van der Waals surface area contributed by atoms with Gasteiger partial charge in [-0.1, -0.05) is 24.3 Å². The van der Waals surface area contributed by atoms with Crippen LogP contribution in [0.1, 0.15) is 22.1 Å². The predicted molar refractivity (Wildman–Crippen MR) is 73.4 cm³/mol. The maximum absolute atomic E-state index is 12.0. The van der Waals surface area contributed by atoms with Crippen LogP contribution in [-0.4, -0.2) is 10.8 Å². The molecular weight excluding hydrogens is 258 g/mol. The fourth-order valence-electron chi connectivity index (χ4n) is 2.26. The van der Waals surface area contributed by atoms with Crippen molar-refractivity contribution in [1.82, 2.24) is 5.32 Å². The molecule has 6 nitrogen and oxygen atoms in total. The van der Waals surface area contributed by atoms with Gasteiger partial charge in [0.2, 0.25) is 0 Å². The number of rotatable bonds is 2. The zero-order chi connectivity index (χ0) is 14.1. The summed E-state index contributed by atoms with van der Waals surface area (Å²) in [6.07, 6.45) is -0.612. The van der Waals surface area contributed by atoms with E-state index < -0.39 is 11.1 Å². The number of anilines is 1. The molecule has 0 bridgehead atoms. The van der Waals surface area contributed by atoms with Gasteiger partial charge in [0.15, 0.2) is 0 Å². The molecule has 100 valence electrons. The van der Waals surface area contributed by atoms with E-state index in [9.17, 15) is 14.9 Å². The number of nitro groups is 1. The van der Waals surface area contributed by atoms with Crippen molar-refractivity contribution in [2.24, 2.45) is 0 Å². The van der Waals surface area contributed by atoms with Gasteiger partial charge in [-0.15, -0.1) is 0 Å². The molecule has 1 aliphatic heterocycles. The highest BCUT2D eigenvalue weighted by Crippen LogP contribution is 2.30. The molecule has 2 aromatic rings. The number of nitrogens with one attached hydrogen (secondary N) is 2. The highest BCUT2D eigenvalue weighted by atomic mass is 16.6. The summed E-state index contributed by atoms with van der Waals surface area (Å²) in [5.41, 5.74) is 1.60. The maximum Gasteiger partial charge on any atom is 0.276 e. The zero-order valence-electron chi connectivity index (χ0n) is 10.4. The highest BCUT2D eigenvalue weighted by Gasteiger charge is 2.28. The maximum atomic E-state index is 12.0. The van der Waals surface area contributed by atoms with Crippen LogP contribution in [-0.2, 0) is 0 Å². The molecule has 2 N–H and O–H groups in total. The molecule has 0 spiro atoms. The third-order valence-corrected chi connectivity index (χ3v) is 3.19. The van der Waals surface area contributed by atoms with Crippen LogP contribution in [0.2, 0.25) is 0 Å². The first-order chi connectivity index (χ1) is 9.66. The molecule has 0 radical (unpaired) electrons. The van der Waals surface area contributed by atoms with E-state index in [2.05, 4.69) is 10.6 Å². The van der Waals surface area contributed by atoms with E-state index in [-0.39, 0.29) is 11.6 Å². The van der Waals surface area contributed by atoms with Gasteiger partial charge < -0.3 is 10.6 Å². The van der Waals surface area contributed by atoms with E-state index in [0.29, 0.717) is 16.8 Å². The minimum atomic E-state index is -0.612. The quantitative estimate of drug-likeness (QED) is 0.647. The SMILES string of the molecule is O=C1NC(c2ccccc2[N+](=O)[O-])Nc2ccccc21. The van der Waals surface area contributed by atoms with Gasteiger partial charge in [-0.25, -0.2) is 0 Å². The molecular formula is C14H11N3O3.